The van der Waals surface area contributed by atoms with Gasteiger partial charge in [-0.15, -0.1) is 0 Å². The van der Waals surface area contributed by atoms with Crippen LogP contribution in [0.1, 0.15) is 91.5 Å². The Morgan fingerprint density at radius 1 is 0.700 bits per heavy atom. The molecule has 1 aromatic rings. The van der Waals surface area contributed by atoms with Crippen molar-refractivity contribution in [2.24, 2.45) is 0 Å². The highest BCUT2D eigenvalue weighted by Crippen LogP contribution is 2.53. The standard InChI is InChI=1S/C22H40O6P2/c1-11-15-18(22(8,9)10)20(30(26,27-13-3)28-14-4)16(12-2)17(21(5,6)7)19(15)29(23,24)25/h11-14H2,1-10H3,(H2,23,24,25). The lowest BCUT2D eigenvalue weighted by Gasteiger charge is -2.37. The first-order chi connectivity index (χ1) is 13.5. The molecular formula is C22H40O6P2. The molecule has 6 nitrogen and oxygen atoms in total. The SMILES string of the molecule is CCOP(=O)(OCC)c1c(CC)c(C(C)(C)C)c(P(=O)(O)O)c(CC)c1C(C)(C)C. The smallest absolute Gasteiger partial charge is 0.321 e. The van der Waals surface area contributed by atoms with E-state index in [1.54, 1.807) is 13.8 Å². The van der Waals surface area contributed by atoms with Gasteiger partial charge in [-0.25, -0.2) is 0 Å². The molecule has 0 aromatic heterocycles. The topological polar surface area (TPSA) is 93.1 Å². The molecule has 1 aromatic carbocycles. The van der Waals surface area contributed by atoms with E-state index < -0.39 is 26.0 Å². The minimum atomic E-state index is -4.62. The van der Waals surface area contributed by atoms with Crippen LogP contribution in [0, 0.1) is 0 Å². The van der Waals surface area contributed by atoms with Crippen LogP contribution in [-0.4, -0.2) is 23.0 Å². The van der Waals surface area contributed by atoms with Crippen molar-refractivity contribution in [3.8, 4) is 0 Å². The normalized spacial score (nSPS) is 13.7. The second-order valence-electron chi connectivity index (χ2n) is 9.49. The number of benzene rings is 1. The average molecular weight is 463 g/mol. The third-order valence-electron chi connectivity index (χ3n) is 5.02. The van der Waals surface area contributed by atoms with Gasteiger partial charge in [0.15, 0.2) is 0 Å². The van der Waals surface area contributed by atoms with E-state index in [0.29, 0.717) is 40.4 Å². The molecule has 0 bridgehead atoms. The van der Waals surface area contributed by atoms with E-state index in [1.165, 1.54) is 0 Å². The van der Waals surface area contributed by atoms with E-state index in [1.807, 2.05) is 55.4 Å². The summed E-state index contributed by atoms with van der Waals surface area (Å²) in [5, 5.41) is 0.558. The highest BCUT2D eigenvalue weighted by Gasteiger charge is 2.44. The minimum Gasteiger partial charge on any atom is -0.321 e. The van der Waals surface area contributed by atoms with Gasteiger partial charge in [-0.3, -0.25) is 9.13 Å². The Labute approximate surface area is 182 Å². The first-order valence-electron chi connectivity index (χ1n) is 10.7. The van der Waals surface area contributed by atoms with Crippen LogP contribution in [-0.2, 0) is 41.8 Å². The molecule has 0 saturated heterocycles. The molecule has 0 aliphatic carbocycles. The van der Waals surface area contributed by atoms with Crippen LogP contribution in [0.15, 0.2) is 0 Å². The van der Waals surface area contributed by atoms with Gasteiger partial charge < -0.3 is 18.8 Å². The predicted octanol–water partition coefficient (Wildman–Crippen LogP) is 5.10. The highest BCUT2D eigenvalue weighted by atomic mass is 31.2. The fourth-order valence-electron chi connectivity index (χ4n) is 4.26. The molecule has 0 unspecified atom stereocenters. The predicted molar refractivity (Wildman–Crippen MR) is 125 cm³/mol. The maximum atomic E-state index is 14.1. The lowest BCUT2D eigenvalue weighted by Crippen LogP contribution is -2.39. The highest BCUT2D eigenvalue weighted by molar-refractivity contribution is 7.62. The molecule has 2 N–H and O–H groups in total. The van der Waals surface area contributed by atoms with Crippen molar-refractivity contribution in [3.63, 3.8) is 0 Å². The molecule has 0 aliphatic heterocycles. The van der Waals surface area contributed by atoms with Crippen LogP contribution in [0.5, 0.6) is 0 Å². The maximum Gasteiger partial charge on any atom is 0.361 e. The summed E-state index contributed by atoms with van der Waals surface area (Å²) in [4.78, 5) is 20.9. The third-order valence-corrected chi connectivity index (χ3v) is 8.33. The van der Waals surface area contributed by atoms with Crippen LogP contribution in [0.4, 0.5) is 0 Å². The van der Waals surface area contributed by atoms with E-state index in [9.17, 15) is 18.9 Å². The fraction of sp³-hybridized carbons (Fsp3) is 0.727. The molecule has 8 heteroatoms. The Kier molecular flexibility index (Phi) is 8.79. The van der Waals surface area contributed by atoms with E-state index in [0.717, 1.165) is 0 Å². The molecule has 1 rings (SSSR count). The zero-order chi connectivity index (χ0) is 23.7. The monoisotopic (exact) mass is 462 g/mol. The first-order valence-corrected chi connectivity index (χ1v) is 13.8. The van der Waals surface area contributed by atoms with E-state index >= 15 is 0 Å². The third kappa shape index (κ3) is 5.46. The maximum absolute atomic E-state index is 14.1. The van der Waals surface area contributed by atoms with Crippen LogP contribution in [0.2, 0.25) is 0 Å². The number of hydrogen-bond donors (Lipinski definition) is 2. The molecule has 0 amide bonds. The summed E-state index contributed by atoms with van der Waals surface area (Å²) in [6, 6.07) is 0. The second-order valence-corrected chi connectivity index (χ2v) is 13.0. The summed E-state index contributed by atoms with van der Waals surface area (Å²) in [5.74, 6) is 0. The van der Waals surface area contributed by atoms with Crippen molar-refractivity contribution in [2.75, 3.05) is 13.2 Å². The molecule has 30 heavy (non-hydrogen) atoms. The van der Waals surface area contributed by atoms with Crippen molar-refractivity contribution >= 4 is 25.8 Å². The van der Waals surface area contributed by atoms with Gasteiger partial charge in [0.25, 0.3) is 0 Å². The fourth-order valence-corrected chi connectivity index (χ4v) is 8.00. The van der Waals surface area contributed by atoms with Gasteiger partial charge in [0, 0.05) is 0 Å². The summed E-state index contributed by atoms with van der Waals surface area (Å²) in [6.45, 7) is 19.4. The van der Waals surface area contributed by atoms with E-state index in [4.69, 9.17) is 9.05 Å². The van der Waals surface area contributed by atoms with Gasteiger partial charge in [0.05, 0.1) is 23.8 Å². The number of hydrogen-bond acceptors (Lipinski definition) is 4. The van der Waals surface area contributed by atoms with Crippen LogP contribution < -0.4 is 10.6 Å². The van der Waals surface area contributed by atoms with Crippen molar-refractivity contribution in [3.05, 3.63) is 22.3 Å². The van der Waals surface area contributed by atoms with Gasteiger partial charge in [-0.2, -0.15) is 0 Å². The van der Waals surface area contributed by atoms with Crippen LogP contribution in [0.3, 0.4) is 0 Å². The lowest BCUT2D eigenvalue weighted by atomic mass is 9.75. The molecule has 0 radical (unpaired) electrons. The zero-order valence-electron chi connectivity index (χ0n) is 20.3. The van der Waals surface area contributed by atoms with Gasteiger partial charge in [0.2, 0.25) is 0 Å². The molecule has 0 fully saturated rings. The van der Waals surface area contributed by atoms with Crippen molar-refractivity contribution in [1.82, 2.24) is 0 Å². The summed E-state index contributed by atoms with van der Waals surface area (Å²) in [5.41, 5.74) is 1.31. The van der Waals surface area contributed by atoms with E-state index in [-0.39, 0.29) is 18.5 Å². The van der Waals surface area contributed by atoms with E-state index in [2.05, 4.69) is 0 Å². The molecule has 174 valence electrons. The first kappa shape index (κ1) is 27.6. The van der Waals surface area contributed by atoms with Crippen molar-refractivity contribution < 1.29 is 28.0 Å². The summed E-state index contributed by atoms with van der Waals surface area (Å²) in [7, 11) is -8.34. The molecule has 0 aliphatic rings. The van der Waals surface area contributed by atoms with Gasteiger partial charge >= 0.3 is 15.2 Å². The van der Waals surface area contributed by atoms with Gasteiger partial charge in [0.1, 0.15) is 0 Å². The summed E-state index contributed by atoms with van der Waals surface area (Å²) < 4.78 is 38.5. The Bertz CT molecular complexity index is 846. The Morgan fingerprint density at radius 3 is 1.30 bits per heavy atom. The zero-order valence-corrected chi connectivity index (χ0v) is 22.0. The van der Waals surface area contributed by atoms with Gasteiger partial charge in [-0.05, 0) is 59.8 Å². The van der Waals surface area contributed by atoms with Crippen LogP contribution >= 0.6 is 15.2 Å². The van der Waals surface area contributed by atoms with Crippen LogP contribution in [0.25, 0.3) is 0 Å². The minimum absolute atomic E-state index is 0.0718. The molecule has 0 heterocycles. The second kappa shape index (κ2) is 9.57. The molecule has 0 saturated carbocycles. The molecular weight excluding hydrogens is 422 g/mol. The summed E-state index contributed by atoms with van der Waals surface area (Å²) in [6.07, 6.45) is 0.845. The Hall–Kier alpha value is -0.480. The van der Waals surface area contributed by atoms with Crippen molar-refractivity contribution in [1.29, 1.82) is 0 Å². The number of rotatable bonds is 8. The van der Waals surface area contributed by atoms with Gasteiger partial charge in [-0.1, -0.05) is 55.4 Å². The summed E-state index contributed by atoms with van der Waals surface area (Å²) >= 11 is 0. The molecule has 0 atom stereocenters. The Balaban J connectivity index is 4.57. The Morgan fingerprint density at radius 2 is 1.03 bits per heavy atom. The molecule has 0 spiro atoms. The average Bonchev–Trinajstić information content (AvgIpc) is 2.56. The lowest BCUT2D eigenvalue weighted by molar-refractivity contribution is 0.229. The quantitative estimate of drug-likeness (QED) is 0.522. The van der Waals surface area contributed by atoms with Crippen molar-refractivity contribution in [2.45, 2.75) is 92.9 Å². The largest absolute Gasteiger partial charge is 0.361 e.